The van der Waals surface area contributed by atoms with Crippen LogP contribution in [-0.4, -0.2) is 16.5 Å². The molecule has 0 bridgehead atoms. The molecule has 0 heterocycles. The number of nitrogens with zero attached hydrogens (tertiary/aromatic N) is 2. The molecule has 6 nitrogen and oxygen atoms in total. The first-order valence-electron chi connectivity index (χ1n) is 3.88. The molecular weight excluding hydrogens is 236 g/mol. The lowest BCUT2D eigenvalue weighted by Crippen LogP contribution is -2.02. The maximum Gasteiger partial charge on any atom is 0.282 e. The molecule has 0 aliphatic carbocycles. The molecule has 0 aromatic heterocycles. The highest BCUT2D eigenvalue weighted by Gasteiger charge is 2.21. The summed E-state index contributed by atoms with van der Waals surface area (Å²) < 4.78 is 0. The molecule has 1 rings (SSSR count). The van der Waals surface area contributed by atoms with Crippen LogP contribution >= 0.6 is 11.6 Å². The predicted molar refractivity (Wildman–Crippen MR) is 53.4 cm³/mol. The van der Waals surface area contributed by atoms with Gasteiger partial charge in [0.15, 0.2) is 6.29 Å². The highest BCUT2D eigenvalue weighted by molar-refractivity contribution is 6.68. The van der Waals surface area contributed by atoms with E-state index in [9.17, 15) is 19.7 Å². The summed E-state index contributed by atoms with van der Waals surface area (Å²) in [6.45, 7) is 0. The largest absolute Gasteiger partial charge is 0.298 e. The molecule has 0 aliphatic heterocycles. The van der Waals surface area contributed by atoms with Crippen molar-refractivity contribution in [2.24, 2.45) is 0 Å². The summed E-state index contributed by atoms with van der Waals surface area (Å²) in [5, 5.41) is 18.2. The number of benzene rings is 1. The smallest absolute Gasteiger partial charge is 0.282 e. The number of carbonyl (C=O) groups is 2. The second-order valence-electron chi connectivity index (χ2n) is 2.72. The zero-order valence-corrected chi connectivity index (χ0v) is 8.39. The van der Waals surface area contributed by atoms with Crippen LogP contribution in [-0.2, 0) is 0 Å². The summed E-state index contributed by atoms with van der Waals surface area (Å²) in [4.78, 5) is 31.2. The van der Waals surface area contributed by atoms with E-state index in [4.69, 9.17) is 16.9 Å². The van der Waals surface area contributed by atoms with Gasteiger partial charge in [-0.05, 0) is 17.7 Å². The van der Waals surface area contributed by atoms with Crippen molar-refractivity contribution in [3.05, 3.63) is 38.9 Å². The van der Waals surface area contributed by atoms with Crippen LogP contribution in [0, 0.1) is 21.4 Å². The van der Waals surface area contributed by atoms with Crippen LogP contribution in [0.5, 0.6) is 0 Å². The lowest BCUT2D eigenvalue weighted by atomic mass is 10.0. The Balaban J connectivity index is 3.62. The van der Waals surface area contributed by atoms with Gasteiger partial charge >= 0.3 is 0 Å². The Bertz CT molecular complexity index is 533. The first-order valence-corrected chi connectivity index (χ1v) is 4.26. The van der Waals surface area contributed by atoms with Crippen molar-refractivity contribution < 1.29 is 14.5 Å². The van der Waals surface area contributed by atoms with Crippen LogP contribution in [0.15, 0.2) is 12.1 Å². The van der Waals surface area contributed by atoms with Crippen LogP contribution in [0.4, 0.5) is 5.69 Å². The summed E-state index contributed by atoms with van der Waals surface area (Å²) in [5.41, 5.74) is -1.30. The van der Waals surface area contributed by atoms with Crippen LogP contribution in [0.25, 0.3) is 0 Å². The van der Waals surface area contributed by atoms with Crippen molar-refractivity contribution in [2.75, 3.05) is 0 Å². The van der Waals surface area contributed by atoms with Gasteiger partial charge < -0.3 is 0 Å². The number of rotatable bonds is 3. The summed E-state index contributed by atoms with van der Waals surface area (Å²) >= 11 is 5.14. The third kappa shape index (κ3) is 2.04. The van der Waals surface area contributed by atoms with E-state index in [1.54, 1.807) is 6.07 Å². The molecule has 0 spiro atoms. The second kappa shape index (κ2) is 4.51. The summed E-state index contributed by atoms with van der Waals surface area (Å²) in [5.74, 6) is 0. The maximum absolute atomic E-state index is 10.9. The van der Waals surface area contributed by atoms with Gasteiger partial charge in [-0.3, -0.25) is 19.7 Å². The van der Waals surface area contributed by atoms with Gasteiger partial charge in [-0.15, -0.1) is 0 Å². The Kier molecular flexibility index (Phi) is 3.33. The van der Waals surface area contributed by atoms with Crippen molar-refractivity contribution in [3.8, 4) is 6.07 Å². The van der Waals surface area contributed by atoms with Gasteiger partial charge in [-0.1, -0.05) is 0 Å². The standard InChI is InChI=1S/C9H3ClN2O4/c10-9(14)7-1-5(3-11)6(4-13)2-8(7)12(15)16/h1-2,4H. The Morgan fingerprint density at radius 1 is 1.56 bits per heavy atom. The van der Waals surface area contributed by atoms with Crippen molar-refractivity contribution in [1.29, 1.82) is 5.26 Å². The van der Waals surface area contributed by atoms with Gasteiger partial charge in [0.1, 0.15) is 5.56 Å². The lowest BCUT2D eigenvalue weighted by Gasteiger charge is -2.00. The number of nitro groups is 1. The fourth-order valence-corrected chi connectivity index (χ4v) is 1.26. The zero-order valence-electron chi connectivity index (χ0n) is 7.64. The minimum Gasteiger partial charge on any atom is -0.298 e. The SMILES string of the molecule is N#Cc1cc(C(=O)Cl)c([N+](=O)[O-])cc1C=O. The third-order valence-electron chi connectivity index (χ3n) is 1.82. The summed E-state index contributed by atoms with van der Waals surface area (Å²) in [6.07, 6.45) is 0.300. The van der Waals surface area contributed by atoms with E-state index < -0.39 is 21.4 Å². The van der Waals surface area contributed by atoms with Crippen molar-refractivity contribution in [3.63, 3.8) is 0 Å². The first kappa shape index (κ1) is 11.8. The molecule has 0 unspecified atom stereocenters. The van der Waals surface area contributed by atoms with Gasteiger partial charge in [0.05, 0.1) is 16.6 Å². The molecule has 80 valence electrons. The van der Waals surface area contributed by atoms with Crippen molar-refractivity contribution >= 4 is 28.8 Å². The molecule has 0 amide bonds. The van der Waals surface area contributed by atoms with Gasteiger partial charge in [-0.2, -0.15) is 5.26 Å². The number of hydrogen-bond donors (Lipinski definition) is 0. The molecule has 0 N–H and O–H groups in total. The van der Waals surface area contributed by atoms with Crippen LogP contribution in [0.3, 0.4) is 0 Å². The minimum atomic E-state index is -1.05. The van der Waals surface area contributed by atoms with E-state index in [1.165, 1.54) is 0 Å². The Labute approximate surface area is 94.2 Å². The Morgan fingerprint density at radius 3 is 2.56 bits per heavy atom. The minimum absolute atomic E-state index is 0.135. The average molecular weight is 239 g/mol. The molecule has 0 fully saturated rings. The van der Waals surface area contributed by atoms with Crippen molar-refractivity contribution in [2.45, 2.75) is 0 Å². The zero-order chi connectivity index (χ0) is 12.3. The lowest BCUT2D eigenvalue weighted by molar-refractivity contribution is -0.385. The number of hydrogen-bond acceptors (Lipinski definition) is 5. The van der Waals surface area contributed by atoms with E-state index in [2.05, 4.69) is 0 Å². The Morgan fingerprint density at radius 2 is 2.19 bits per heavy atom. The Hall–Kier alpha value is -2.26. The van der Waals surface area contributed by atoms with E-state index in [0.29, 0.717) is 6.29 Å². The number of aldehydes is 1. The van der Waals surface area contributed by atoms with Crippen LogP contribution < -0.4 is 0 Å². The number of halogens is 1. The van der Waals surface area contributed by atoms with Gasteiger partial charge in [0, 0.05) is 11.6 Å². The number of nitro benzene ring substituents is 1. The number of nitriles is 1. The van der Waals surface area contributed by atoms with Gasteiger partial charge in [0.2, 0.25) is 0 Å². The van der Waals surface area contributed by atoms with E-state index in [-0.39, 0.29) is 11.1 Å². The maximum atomic E-state index is 10.9. The monoisotopic (exact) mass is 238 g/mol. The highest BCUT2D eigenvalue weighted by Crippen LogP contribution is 2.24. The summed E-state index contributed by atoms with van der Waals surface area (Å²) in [7, 11) is 0. The molecule has 16 heavy (non-hydrogen) atoms. The van der Waals surface area contributed by atoms with Crippen molar-refractivity contribution in [1.82, 2.24) is 0 Å². The number of carbonyl (C=O) groups excluding carboxylic acids is 2. The second-order valence-corrected chi connectivity index (χ2v) is 3.06. The average Bonchev–Trinajstić information content (AvgIpc) is 2.26. The molecule has 1 aromatic carbocycles. The van der Waals surface area contributed by atoms with E-state index >= 15 is 0 Å². The van der Waals surface area contributed by atoms with E-state index in [0.717, 1.165) is 12.1 Å². The molecule has 0 radical (unpaired) electrons. The fourth-order valence-electron chi connectivity index (χ4n) is 1.11. The molecule has 0 atom stereocenters. The molecule has 0 aliphatic rings. The molecule has 7 heteroatoms. The molecular formula is C9H3ClN2O4. The van der Waals surface area contributed by atoms with Gasteiger partial charge in [-0.25, -0.2) is 0 Å². The van der Waals surface area contributed by atoms with Crippen LogP contribution in [0.1, 0.15) is 26.3 Å². The molecule has 0 saturated heterocycles. The normalized spacial score (nSPS) is 9.25. The quantitative estimate of drug-likeness (QED) is 0.345. The van der Waals surface area contributed by atoms with E-state index in [1.807, 2.05) is 0 Å². The highest BCUT2D eigenvalue weighted by atomic mass is 35.5. The van der Waals surface area contributed by atoms with Gasteiger partial charge in [0.25, 0.3) is 10.9 Å². The van der Waals surface area contributed by atoms with Crippen LogP contribution in [0.2, 0.25) is 0 Å². The molecule has 0 saturated carbocycles. The molecule has 1 aromatic rings. The topological polar surface area (TPSA) is 101 Å². The first-order chi connectivity index (χ1) is 7.51. The third-order valence-corrected chi connectivity index (χ3v) is 2.03. The summed E-state index contributed by atoms with van der Waals surface area (Å²) in [6, 6.07) is 3.42. The predicted octanol–water partition coefficient (Wildman–Crippen LogP) is 1.66. The fraction of sp³-hybridized carbons (Fsp3) is 0.